The Labute approximate surface area is 151 Å². The van der Waals surface area contributed by atoms with Crippen LogP contribution in [0.5, 0.6) is 0 Å². The molecule has 0 aliphatic heterocycles. The number of hydrogen-bond donors (Lipinski definition) is 2. The molecule has 2 aromatic rings. The third-order valence-electron chi connectivity index (χ3n) is 3.17. The average molecular weight is 378 g/mol. The van der Waals surface area contributed by atoms with E-state index >= 15 is 0 Å². The third kappa shape index (κ3) is 4.77. The minimum Gasteiger partial charge on any atom is -0.452 e. The molecular formula is C16H12ClN3O6. The number of nitro groups is 1. The molecule has 0 bridgehead atoms. The Hall–Kier alpha value is -3.46. The van der Waals surface area contributed by atoms with Crippen LogP contribution in [0.1, 0.15) is 20.7 Å². The molecular weight excluding hydrogens is 366 g/mol. The van der Waals surface area contributed by atoms with E-state index in [1.165, 1.54) is 30.3 Å². The number of nitrogens with one attached hydrogen (secondary N) is 1. The van der Waals surface area contributed by atoms with Crippen molar-refractivity contribution in [3.63, 3.8) is 0 Å². The summed E-state index contributed by atoms with van der Waals surface area (Å²) in [6.45, 7) is -0.630. The standard InChI is InChI=1S/C16H12ClN3O6/c17-13-6-5-11(20(24)25)7-12(13)16(23)26-8-14(21)19-10-3-1-9(2-4-10)15(18)22/h1-7H,8H2,(H2,18,22)(H,19,21). The summed E-state index contributed by atoms with van der Waals surface area (Å²) in [5.74, 6) is -2.23. The average Bonchev–Trinajstić information content (AvgIpc) is 2.60. The van der Waals surface area contributed by atoms with Crippen molar-refractivity contribution in [2.45, 2.75) is 0 Å². The lowest BCUT2D eigenvalue weighted by Crippen LogP contribution is -2.21. The SMILES string of the molecule is NC(=O)c1ccc(NC(=O)COC(=O)c2cc([N+](=O)[O-])ccc2Cl)cc1. The zero-order valence-electron chi connectivity index (χ0n) is 13.1. The van der Waals surface area contributed by atoms with Gasteiger partial charge < -0.3 is 15.8 Å². The number of primary amides is 1. The summed E-state index contributed by atoms with van der Waals surface area (Å²) in [5, 5.41) is 13.2. The number of amides is 2. The first-order chi connectivity index (χ1) is 12.3. The fourth-order valence-electron chi connectivity index (χ4n) is 1.91. The van der Waals surface area contributed by atoms with Crippen LogP contribution in [0.2, 0.25) is 5.02 Å². The maximum absolute atomic E-state index is 12.0. The molecule has 0 radical (unpaired) electrons. The summed E-state index contributed by atoms with van der Waals surface area (Å²) in [7, 11) is 0. The summed E-state index contributed by atoms with van der Waals surface area (Å²) in [6.07, 6.45) is 0. The predicted octanol–water partition coefficient (Wildman–Crippen LogP) is 2.14. The minimum atomic E-state index is -0.974. The molecule has 9 nitrogen and oxygen atoms in total. The van der Waals surface area contributed by atoms with Gasteiger partial charge in [-0.1, -0.05) is 11.6 Å². The Morgan fingerprint density at radius 3 is 2.38 bits per heavy atom. The lowest BCUT2D eigenvalue weighted by molar-refractivity contribution is -0.384. The molecule has 134 valence electrons. The molecule has 3 N–H and O–H groups in total. The second-order valence-corrected chi connectivity index (χ2v) is 5.39. The fourth-order valence-corrected chi connectivity index (χ4v) is 2.10. The van der Waals surface area contributed by atoms with Gasteiger partial charge in [0, 0.05) is 23.4 Å². The number of halogens is 1. The van der Waals surface area contributed by atoms with E-state index in [0.717, 1.165) is 12.1 Å². The molecule has 10 heteroatoms. The highest BCUT2D eigenvalue weighted by molar-refractivity contribution is 6.33. The monoisotopic (exact) mass is 377 g/mol. The molecule has 2 amide bonds. The van der Waals surface area contributed by atoms with Crippen molar-refractivity contribution in [1.82, 2.24) is 0 Å². The first-order valence-corrected chi connectivity index (χ1v) is 7.46. The van der Waals surface area contributed by atoms with Crippen LogP contribution in [0.25, 0.3) is 0 Å². The van der Waals surface area contributed by atoms with Crippen LogP contribution in [0.15, 0.2) is 42.5 Å². The molecule has 0 spiro atoms. The van der Waals surface area contributed by atoms with Crippen LogP contribution in [-0.2, 0) is 9.53 Å². The largest absolute Gasteiger partial charge is 0.452 e. The van der Waals surface area contributed by atoms with E-state index in [1.54, 1.807) is 0 Å². The molecule has 0 fully saturated rings. The highest BCUT2D eigenvalue weighted by Crippen LogP contribution is 2.22. The number of esters is 1. The third-order valence-corrected chi connectivity index (χ3v) is 3.50. The van der Waals surface area contributed by atoms with Gasteiger partial charge in [-0.15, -0.1) is 0 Å². The molecule has 2 aromatic carbocycles. The normalized spacial score (nSPS) is 10.0. The minimum absolute atomic E-state index is 0.0388. The van der Waals surface area contributed by atoms with E-state index in [-0.39, 0.29) is 21.8 Å². The number of ether oxygens (including phenoxy) is 1. The zero-order valence-corrected chi connectivity index (χ0v) is 13.9. The van der Waals surface area contributed by atoms with E-state index in [0.29, 0.717) is 5.69 Å². The summed E-state index contributed by atoms with van der Waals surface area (Å²) in [4.78, 5) is 44.8. The number of carbonyl (C=O) groups excluding carboxylic acids is 3. The van der Waals surface area contributed by atoms with Crippen molar-refractivity contribution in [1.29, 1.82) is 0 Å². The van der Waals surface area contributed by atoms with Gasteiger partial charge in [0.25, 0.3) is 11.6 Å². The first-order valence-electron chi connectivity index (χ1n) is 7.08. The molecule has 0 saturated carbocycles. The van der Waals surface area contributed by atoms with Gasteiger partial charge >= 0.3 is 5.97 Å². The summed E-state index contributed by atoms with van der Waals surface area (Å²) in [5.41, 5.74) is 5.19. The highest BCUT2D eigenvalue weighted by atomic mass is 35.5. The van der Waals surface area contributed by atoms with E-state index in [2.05, 4.69) is 5.32 Å². The Morgan fingerprint density at radius 1 is 1.15 bits per heavy atom. The molecule has 2 rings (SSSR count). The van der Waals surface area contributed by atoms with Gasteiger partial charge in [-0.2, -0.15) is 0 Å². The van der Waals surface area contributed by atoms with Crippen molar-refractivity contribution in [2.24, 2.45) is 5.73 Å². The number of rotatable bonds is 6. The summed E-state index contributed by atoms with van der Waals surface area (Å²) < 4.78 is 4.81. The van der Waals surface area contributed by atoms with Crippen molar-refractivity contribution in [3.05, 3.63) is 68.7 Å². The van der Waals surface area contributed by atoms with E-state index < -0.39 is 29.3 Å². The van der Waals surface area contributed by atoms with Gasteiger partial charge in [0.05, 0.1) is 15.5 Å². The number of non-ortho nitro benzene ring substituents is 1. The number of nitro benzene ring substituents is 1. The second-order valence-electron chi connectivity index (χ2n) is 4.99. The molecule has 0 atom stereocenters. The maximum atomic E-state index is 12.0. The van der Waals surface area contributed by atoms with Crippen molar-refractivity contribution >= 4 is 40.8 Å². The Kier molecular flexibility index (Phi) is 5.86. The highest BCUT2D eigenvalue weighted by Gasteiger charge is 2.18. The van der Waals surface area contributed by atoms with Gasteiger partial charge in [-0.25, -0.2) is 4.79 Å². The van der Waals surface area contributed by atoms with E-state index in [1.807, 2.05) is 0 Å². The fraction of sp³-hybridized carbons (Fsp3) is 0.0625. The lowest BCUT2D eigenvalue weighted by atomic mass is 10.2. The molecule has 0 unspecified atom stereocenters. The topological polar surface area (TPSA) is 142 Å². The number of benzene rings is 2. The molecule has 0 aliphatic rings. The predicted molar refractivity (Wildman–Crippen MR) is 92.0 cm³/mol. The molecule has 0 aliphatic carbocycles. The zero-order chi connectivity index (χ0) is 19.3. The smallest absolute Gasteiger partial charge is 0.340 e. The van der Waals surface area contributed by atoms with E-state index in [4.69, 9.17) is 22.1 Å². The first kappa shape index (κ1) is 18.9. The van der Waals surface area contributed by atoms with Gasteiger partial charge in [0.15, 0.2) is 6.61 Å². The lowest BCUT2D eigenvalue weighted by Gasteiger charge is -2.08. The summed E-state index contributed by atoms with van der Waals surface area (Å²) >= 11 is 5.82. The molecule has 26 heavy (non-hydrogen) atoms. The number of anilines is 1. The van der Waals surface area contributed by atoms with Gasteiger partial charge in [0.1, 0.15) is 0 Å². The quantitative estimate of drug-likeness (QED) is 0.448. The van der Waals surface area contributed by atoms with Crippen molar-refractivity contribution in [3.8, 4) is 0 Å². The van der Waals surface area contributed by atoms with Crippen LogP contribution in [0, 0.1) is 10.1 Å². The van der Waals surface area contributed by atoms with Crippen molar-refractivity contribution < 1.29 is 24.0 Å². The van der Waals surface area contributed by atoms with Crippen LogP contribution < -0.4 is 11.1 Å². The second kappa shape index (κ2) is 8.08. The van der Waals surface area contributed by atoms with Gasteiger partial charge in [0.2, 0.25) is 5.91 Å². The molecule has 0 aromatic heterocycles. The Balaban J connectivity index is 1.96. The van der Waals surface area contributed by atoms with Crippen LogP contribution in [0.4, 0.5) is 11.4 Å². The molecule has 0 heterocycles. The van der Waals surface area contributed by atoms with Crippen LogP contribution >= 0.6 is 11.6 Å². The number of nitrogens with two attached hydrogens (primary N) is 1. The number of carbonyl (C=O) groups is 3. The summed E-state index contributed by atoms with van der Waals surface area (Å²) in [6, 6.07) is 9.05. The number of nitrogens with zero attached hydrogens (tertiary/aromatic N) is 1. The van der Waals surface area contributed by atoms with Gasteiger partial charge in [-0.05, 0) is 30.3 Å². The van der Waals surface area contributed by atoms with Crippen LogP contribution in [0.3, 0.4) is 0 Å². The maximum Gasteiger partial charge on any atom is 0.340 e. The Morgan fingerprint density at radius 2 is 1.81 bits per heavy atom. The van der Waals surface area contributed by atoms with Crippen molar-refractivity contribution in [2.75, 3.05) is 11.9 Å². The Bertz CT molecular complexity index is 882. The van der Waals surface area contributed by atoms with E-state index in [9.17, 15) is 24.5 Å². The number of hydrogen-bond acceptors (Lipinski definition) is 6. The van der Waals surface area contributed by atoms with Crippen LogP contribution in [-0.4, -0.2) is 29.3 Å². The molecule has 0 saturated heterocycles. The van der Waals surface area contributed by atoms with Gasteiger partial charge in [-0.3, -0.25) is 19.7 Å².